The van der Waals surface area contributed by atoms with Crippen LogP contribution in [0.25, 0.3) is 0 Å². The van der Waals surface area contributed by atoms with Crippen molar-refractivity contribution in [2.24, 2.45) is 0 Å². The first kappa shape index (κ1) is 18.2. The molecule has 0 aromatic rings. The molecule has 1 atom stereocenters. The van der Waals surface area contributed by atoms with E-state index >= 15 is 0 Å². The molecule has 1 unspecified atom stereocenters. The maximum absolute atomic E-state index is 10.3. The predicted molar refractivity (Wildman–Crippen MR) is 79.2 cm³/mol. The number of carboxylic acids is 1. The third kappa shape index (κ3) is 15.1. The second kappa shape index (κ2) is 13.6. The normalized spacial score (nSPS) is 12.9. The number of hydrogen-bond donors (Lipinski definition) is 2. The largest absolute Gasteiger partial charge is 0.481 e. The van der Waals surface area contributed by atoms with Gasteiger partial charge in [0.1, 0.15) is 0 Å². The van der Waals surface area contributed by atoms with Crippen LogP contribution in [0.3, 0.4) is 0 Å². The molecule has 0 rings (SSSR count). The lowest BCUT2D eigenvalue weighted by atomic mass is 10.1. The lowest BCUT2D eigenvalue weighted by Crippen LogP contribution is -2.01. The maximum atomic E-state index is 10.3. The summed E-state index contributed by atoms with van der Waals surface area (Å²) >= 11 is 0. The molecule has 0 radical (unpaired) electrons. The molecule has 112 valence electrons. The van der Waals surface area contributed by atoms with E-state index in [4.69, 9.17) is 5.11 Å². The SMILES string of the molecule is CCCCCC/C=C/C(O)CCCCCCC(=O)O. The molecule has 0 fully saturated rings. The van der Waals surface area contributed by atoms with Crippen molar-refractivity contribution >= 4 is 5.97 Å². The summed E-state index contributed by atoms with van der Waals surface area (Å²) in [6.07, 6.45) is 14.5. The number of carbonyl (C=O) groups is 1. The molecule has 0 aromatic carbocycles. The summed E-state index contributed by atoms with van der Waals surface area (Å²) in [6, 6.07) is 0. The fourth-order valence-corrected chi connectivity index (χ4v) is 2.02. The van der Waals surface area contributed by atoms with Gasteiger partial charge in [-0.25, -0.2) is 0 Å². The third-order valence-corrected chi connectivity index (χ3v) is 3.22. The summed E-state index contributed by atoms with van der Waals surface area (Å²) in [7, 11) is 0. The van der Waals surface area contributed by atoms with Crippen LogP contribution in [0.15, 0.2) is 12.2 Å². The second-order valence-corrected chi connectivity index (χ2v) is 5.19. The van der Waals surface area contributed by atoms with E-state index in [0.717, 1.165) is 38.5 Å². The van der Waals surface area contributed by atoms with Crippen LogP contribution in [0.5, 0.6) is 0 Å². The molecule has 0 saturated carbocycles. The quantitative estimate of drug-likeness (QED) is 0.387. The molecule has 0 amide bonds. The monoisotopic (exact) mass is 270 g/mol. The van der Waals surface area contributed by atoms with Gasteiger partial charge in [0.15, 0.2) is 0 Å². The highest BCUT2D eigenvalue weighted by atomic mass is 16.4. The first-order valence-corrected chi connectivity index (χ1v) is 7.73. The van der Waals surface area contributed by atoms with Gasteiger partial charge in [-0.3, -0.25) is 4.79 Å². The summed E-state index contributed by atoms with van der Waals surface area (Å²) in [4.78, 5) is 10.3. The van der Waals surface area contributed by atoms with Crippen LogP contribution in [0.1, 0.15) is 77.6 Å². The van der Waals surface area contributed by atoms with Crippen molar-refractivity contribution in [3.63, 3.8) is 0 Å². The van der Waals surface area contributed by atoms with Gasteiger partial charge in [-0.1, -0.05) is 57.6 Å². The van der Waals surface area contributed by atoms with Crippen molar-refractivity contribution in [2.75, 3.05) is 0 Å². The molecule has 0 aliphatic heterocycles. The number of hydrogen-bond acceptors (Lipinski definition) is 2. The van der Waals surface area contributed by atoms with Crippen LogP contribution in [-0.2, 0) is 4.79 Å². The molecule has 0 aromatic heterocycles. The molecule has 0 saturated heterocycles. The van der Waals surface area contributed by atoms with Gasteiger partial charge in [0.25, 0.3) is 0 Å². The molecule has 19 heavy (non-hydrogen) atoms. The molecule has 3 nitrogen and oxygen atoms in total. The number of carboxylic acid groups (broad SMARTS) is 1. The Balaban J connectivity index is 3.31. The Morgan fingerprint density at radius 2 is 1.74 bits per heavy atom. The molecular formula is C16H30O3. The van der Waals surface area contributed by atoms with Crippen LogP contribution < -0.4 is 0 Å². The van der Waals surface area contributed by atoms with Crippen molar-refractivity contribution < 1.29 is 15.0 Å². The van der Waals surface area contributed by atoms with Gasteiger partial charge in [-0.15, -0.1) is 0 Å². The highest BCUT2D eigenvalue weighted by molar-refractivity contribution is 5.66. The minimum atomic E-state index is -0.717. The fraction of sp³-hybridized carbons (Fsp3) is 0.812. The highest BCUT2D eigenvalue weighted by Crippen LogP contribution is 2.09. The van der Waals surface area contributed by atoms with Crippen molar-refractivity contribution in [3.05, 3.63) is 12.2 Å². The summed E-state index contributed by atoms with van der Waals surface area (Å²) in [5, 5.41) is 18.2. The van der Waals surface area contributed by atoms with E-state index in [9.17, 15) is 9.90 Å². The van der Waals surface area contributed by atoms with E-state index in [1.807, 2.05) is 6.08 Å². The Kier molecular flexibility index (Phi) is 13.0. The Hall–Kier alpha value is -0.830. The number of rotatable bonds is 13. The minimum Gasteiger partial charge on any atom is -0.481 e. The lowest BCUT2D eigenvalue weighted by Gasteiger charge is -2.05. The van der Waals surface area contributed by atoms with E-state index in [-0.39, 0.29) is 12.5 Å². The molecule has 0 bridgehead atoms. The Morgan fingerprint density at radius 3 is 2.42 bits per heavy atom. The Bertz CT molecular complexity index is 236. The number of aliphatic hydroxyl groups is 1. The molecule has 0 aliphatic carbocycles. The lowest BCUT2D eigenvalue weighted by molar-refractivity contribution is -0.137. The predicted octanol–water partition coefficient (Wildman–Crippen LogP) is 4.30. The fourth-order valence-electron chi connectivity index (χ4n) is 2.02. The van der Waals surface area contributed by atoms with Gasteiger partial charge in [-0.2, -0.15) is 0 Å². The van der Waals surface area contributed by atoms with Gasteiger partial charge in [0, 0.05) is 6.42 Å². The molecule has 0 spiro atoms. The van der Waals surface area contributed by atoms with Gasteiger partial charge in [0.2, 0.25) is 0 Å². The van der Waals surface area contributed by atoms with Crippen LogP contribution in [0.4, 0.5) is 0 Å². The summed E-state index contributed by atoms with van der Waals surface area (Å²) in [6.45, 7) is 2.20. The average Bonchev–Trinajstić information content (AvgIpc) is 2.37. The Labute approximate surface area is 117 Å². The van der Waals surface area contributed by atoms with Crippen LogP contribution in [-0.4, -0.2) is 22.3 Å². The highest BCUT2D eigenvalue weighted by Gasteiger charge is 2.00. The van der Waals surface area contributed by atoms with Crippen molar-refractivity contribution in [3.8, 4) is 0 Å². The number of allylic oxidation sites excluding steroid dienone is 1. The summed E-state index contributed by atoms with van der Waals surface area (Å²) < 4.78 is 0. The topological polar surface area (TPSA) is 57.5 Å². The van der Waals surface area contributed by atoms with E-state index in [1.54, 1.807) is 0 Å². The third-order valence-electron chi connectivity index (χ3n) is 3.22. The zero-order valence-corrected chi connectivity index (χ0v) is 12.3. The van der Waals surface area contributed by atoms with Crippen LogP contribution >= 0.6 is 0 Å². The van der Waals surface area contributed by atoms with E-state index in [2.05, 4.69) is 13.0 Å². The second-order valence-electron chi connectivity index (χ2n) is 5.19. The van der Waals surface area contributed by atoms with Crippen molar-refractivity contribution in [2.45, 2.75) is 83.7 Å². The summed E-state index contributed by atoms with van der Waals surface area (Å²) in [5.41, 5.74) is 0. The number of aliphatic hydroxyl groups excluding tert-OH is 1. The number of unbranched alkanes of at least 4 members (excludes halogenated alkanes) is 7. The van der Waals surface area contributed by atoms with Gasteiger partial charge in [0.05, 0.1) is 6.10 Å². The van der Waals surface area contributed by atoms with Crippen molar-refractivity contribution in [1.29, 1.82) is 0 Å². The van der Waals surface area contributed by atoms with Gasteiger partial charge >= 0.3 is 5.97 Å². The first-order valence-electron chi connectivity index (χ1n) is 7.73. The van der Waals surface area contributed by atoms with Gasteiger partial charge < -0.3 is 10.2 Å². The summed E-state index contributed by atoms with van der Waals surface area (Å²) in [5.74, 6) is -0.717. The average molecular weight is 270 g/mol. The Morgan fingerprint density at radius 1 is 1.05 bits per heavy atom. The number of aliphatic carboxylic acids is 1. The molecule has 0 heterocycles. The molecule has 2 N–H and O–H groups in total. The van der Waals surface area contributed by atoms with Gasteiger partial charge in [-0.05, 0) is 25.7 Å². The molecule has 0 aliphatic rings. The van der Waals surface area contributed by atoms with E-state index in [0.29, 0.717) is 0 Å². The molecule has 3 heteroatoms. The molecular weight excluding hydrogens is 240 g/mol. The standard InChI is InChI=1S/C16H30O3/c1-2-3-4-5-6-9-12-15(17)13-10-7-8-11-14-16(18)19/h9,12,15,17H,2-8,10-11,13-14H2,1H3,(H,18,19)/b12-9+. The minimum absolute atomic E-state index is 0.264. The maximum Gasteiger partial charge on any atom is 0.303 e. The van der Waals surface area contributed by atoms with E-state index in [1.165, 1.54) is 25.7 Å². The zero-order valence-electron chi connectivity index (χ0n) is 12.3. The van der Waals surface area contributed by atoms with Crippen LogP contribution in [0.2, 0.25) is 0 Å². The van der Waals surface area contributed by atoms with Crippen molar-refractivity contribution in [1.82, 2.24) is 0 Å². The zero-order chi connectivity index (χ0) is 14.3. The smallest absolute Gasteiger partial charge is 0.303 e. The first-order chi connectivity index (χ1) is 9.16. The van der Waals surface area contributed by atoms with Crippen LogP contribution in [0, 0.1) is 0 Å². The van der Waals surface area contributed by atoms with E-state index < -0.39 is 5.97 Å².